The van der Waals surface area contributed by atoms with Gasteiger partial charge < -0.3 is 19.6 Å². The average molecular weight is 357 g/mol. The molecule has 1 aromatic carbocycles. The highest BCUT2D eigenvalue weighted by atomic mass is 19.1. The normalized spacial score (nSPS) is 19.8. The van der Waals surface area contributed by atoms with Crippen molar-refractivity contribution < 1.29 is 19.0 Å². The third kappa shape index (κ3) is 3.22. The summed E-state index contributed by atoms with van der Waals surface area (Å²) in [6, 6.07) is 10.1. The summed E-state index contributed by atoms with van der Waals surface area (Å²) in [5.41, 5.74) is 1.16. The summed E-state index contributed by atoms with van der Waals surface area (Å²) in [5.74, 6) is -0.517. The van der Waals surface area contributed by atoms with Crippen LogP contribution in [0.5, 0.6) is 5.75 Å². The van der Waals surface area contributed by atoms with Crippen molar-refractivity contribution in [2.24, 2.45) is 0 Å². The number of anilines is 2. The number of halogens is 1. The molecule has 0 unspecified atom stereocenters. The zero-order valence-corrected chi connectivity index (χ0v) is 14.3. The largest absolute Gasteiger partial charge is 0.508 e. The molecule has 6 nitrogen and oxygen atoms in total. The minimum absolute atomic E-state index is 0.00313. The fraction of sp³-hybridized carbons (Fsp3) is 0.368. The Morgan fingerprint density at radius 1 is 1.12 bits per heavy atom. The predicted molar refractivity (Wildman–Crippen MR) is 94.8 cm³/mol. The number of morpholine rings is 1. The second kappa shape index (κ2) is 6.57. The van der Waals surface area contributed by atoms with Gasteiger partial charge in [-0.2, -0.15) is 4.39 Å². The molecule has 1 spiro atoms. The Morgan fingerprint density at radius 2 is 1.85 bits per heavy atom. The van der Waals surface area contributed by atoms with Crippen LogP contribution in [0, 0.1) is 5.95 Å². The zero-order valence-electron chi connectivity index (χ0n) is 14.3. The van der Waals surface area contributed by atoms with Gasteiger partial charge in [0.1, 0.15) is 12.4 Å². The lowest BCUT2D eigenvalue weighted by Crippen LogP contribution is -2.59. The monoisotopic (exact) mass is 357 g/mol. The minimum atomic E-state index is -0.599. The molecule has 2 saturated heterocycles. The van der Waals surface area contributed by atoms with Crippen LogP contribution in [-0.4, -0.2) is 47.8 Å². The second-order valence-corrected chi connectivity index (χ2v) is 6.79. The maximum absolute atomic E-state index is 13.4. The lowest BCUT2D eigenvalue weighted by Gasteiger charge is -2.47. The van der Waals surface area contributed by atoms with E-state index in [-0.39, 0.29) is 18.3 Å². The van der Waals surface area contributed by atoms with Crippen LogP contribution in [0.15, 0.2) is 42.6 Å². The predicted octanol–water partition coefficient (Wildman–Crippen LogP) is 2.33. The van der Waals surface area contributed by atoms with E-state index in [4.69, 9.17) is 4.74 Å². The highest BCUT2D eigenvalue weighted by molar-refractivity contribution is 5.95. The van der Waals surface area contributed by atoms with E-state index in [1.807, 2.05) is 12.1 Å². The topological polar surface area (TPSA) is 65.9 Å². The quantitative estimate of drug-likeness (QED) is 0.836. The van der Waals surface area contributed by atoms with Gasteiger partial charge in [0, 0.05) is 36.7 Å². The van der Waals surface area contributed by atoms with Gasteiger partial charge in [-0.25, -0.2) is 4.98 Å². The van der Waals surface area contributed by atoms with Crippen LogP contribution in [0.2, 0.25) is 0 Å². The van der Waals surface area contributed by atoms with E-state index in [9.17, 15) is 14.3 Å². The molecule has 0 saturated carbocycles. The Kier molecular flexibility index (Phi) is 4.24. The number of aromatic nitrogens is 1. The number of pyridine rings is 1. The Balaban J connectivity index is 1.48. The van der Waals surface area contributed by atoms with Gasteiger partial charge in [-0.05, 0) is 43.2 Å². The first-order valence-electron chi connectivity index (χ1n) is 8.65. The number of rotatable bonds is 2. The number of piperidine rings is 1. The third-order valence-corrected chi connectivity index (χ3v) is 5.16. The molecule has 2 fully saturated rings. The van der Waals surface area contributed by atoms with Crippen LogP contribution in [0.3, 0.4) is 0 Å². The van der Waals surface area contributed by atoms with Crippen LogP contribution in [0.25, 0.3) is 0 Å². The van der Waals surface area contributed by atoms with Crippen LogP contribution < -0.4 is 9.80 Å². The van der Waals surface area contributed by atoms with Crippen molar-refractivity contribution in [1.82, 2.24) is 4.98 Å². The molecule has 1 aromatic heterocycles. The molecule has 3 heterocycles. The number of hydrogen-bond acceptors (Lipinski definition) is 5. The van der Waals surface area contributed by atoms with Crippen molar-refractivity contribution in [2.45, 2.75) is 18.4 Å². The number of phenols is 1. The number of carbonyl (C=O) groups is 1. The first-order chi connectivity index (χ1) is 12.5. The molecule has 1 N–H and O–H groups in total. The number of hydrogen-bond donors (Lipinski definition) is 1. The first-order valence-corrected chi connectivity index (χ1v) is 8.65. The molecule has 0 radical (unpaired) electrons. The molecule has 2 aliphatic heterocycles. The molecule has 4 rings (SSSR count). The summed E-state index contributed by atoms with van der Waals surface area (Å²) < 4.78 is 19.4. The van der Waals surface area contributed by atoms with Crippen molar-refractivity contribution in [3.63, 3.8) is 0 Å². The van der Waals surface area contributed by atoms with E-state index < -0.39 is 11.5 Å². The van der Waals surface area contributed by atoms with E-state index in [1.54, 1.807) is 23.1 Å². The number of benzene rings is 1. The molecule has 7 heteroatoms. The van der Waals surface area contributed by atoms with Crippen molar-refractivity contribution in [3.05, 3.63) is 48.5 Å². The second-order valence-electron chi connectivity index (χ2n) is 6.79. The summed E-state index contributed by atoms with van der Waals surface area (Å²) in [5, 5.41) is 9.43. The molecular weight excluding hydrogens is 337 g/mol. The number of amides is 1. The third-order valence-electron chi connectivity index (χ3n) is 5.16. The lowest BCUT2D eigenvalue weighted by atomic mass is 9.88. The number of carbonyl (C=O) groups excluding carboxylic acids is 1. The van der Waals surface area contributed by atoms with Gasteiger partial charge in [0.05, 0.1) is 12.1 Å². The Hall–Kier alpha value is -2.67. The van der Waals surface area contributed by atoms with Gasteiger partial charge >= 0.3 is 0 Å². The van der Waals surface area contributed by atoms with Gasteiger partial charge in [0.2, 0.25) is 5.95 Å². The van der Waals surface area contributed by atoms with E-state index in [2.05, 4.69) is 9.88 Å². The summed E-state index contributed by atoms with van der Waals surface area (Å²) in [6.07, 6.45) is 2.91. The van der Waals surface area contributed by atoms with Gasteiger partial charge in [0.25, 0.3) is 5.91 Å². The van der Waals surface area contributed by atoms with Crippen LogP contribution in [-0.2, 0) is 9.53 Å². The average Bonchev–Trinajstić information content (AvgIpc) is 2.65. The first kappa shape index (κ1) is 16.8. The van der Waals surface area contributed by atoms with Crippen LogP contribution in [0.1, 0.15) is 12.8 Å². The molecule has 1 amide bonds. The molecule has 136 valence electrons. The fourth-order valence-electron chi connectivity index (χ4n) is 3.65. The van der Waals surface area contributed by atoms with Crippen molar-refractivity contribution in [1.29, 1.82) is 0 Å². The fourth-order valence-corrected chi connectivity index (χ4v) is 3.65. The highest BCUT2D eigenvalue weighted by Crippen LogP contribution is 2.34. The Bertz CT molecular complexity index is 804. The molecule has 0 atom stereocenters. The molecule has 2 aliphatic rings. The molecule has 26 heavy (non-hydrogen) atoms. The summed E-state index contributed by atoms with van der Waals surface area (Å²) in [7, 11) is 0. The lowest BCUT2D eigenvalue weighted by molar-refractivity contribution is -0.141. The zero-order chi connectivity index (χ0) is 18.1. The SMILES string of the molecule is O=C1COC2(CCN(c3ccc(O)cc3)CC2)CN1c1ccnc(F)c1. The highest BCUT2D eigenvalue weighted by Gasteiger charge is 2.42. The van der Waals surface area contributed by atoms with Gasteiger partial charge in [-0.1, -0.05) is 0 Å². The van der Waals surface area contributed by atoms with Crippen molar-refractivity contribution >= 4 is 17.3 Å². The van der Waals surface area contributed by atoms with Crippen molar-refractivity contribution in [2.75, 3.05) is 36.0 Å². The summed E-state index contributed by atoms with van der Waals surface area (Å²) in [6.45, 7) is 2.00. The van der Waals surface area contributed by atoms with E-state index in [0.717, 1.165) is 31.6 Å². The standard InChI is InChI=1S/C19H20FN3O3/c20-17-11-15(5-8-21-17)23-13-19(26-12-18(23)25)6-9-22(10-7-19)14-1-3-16(24)4-2-14/h1-5,8,11,24H,6-7,9-10,12-13H2. The van der Waals surface area contributed by atoms with Gasteiger partial charge in [0.15, 0.2) is 0 Å². The van der Waals surface area contributed by atoms with E-state index in [1.165, 1.54) is 12.3 Å². The Labute approximate surface area is 150 Å². The molecule has 2 aromatic rings. The van der Waals surface area contributed by atoms with Gasteiger partial charge in [-0.3, -0.25) is 4.79 Å². The molecule has 0 bridgehead atoms. The number of phenolic OH excluding ortho intramolecular Hbond substituents is 1. The molecule has 0 aliphatic carbocycles. The summed E-state index contributed by atoms with van der Waals surface area (Å²) in [4.78, 5) is 19.7. The summed E-state index contributed by atoms with van der Waals surface area (Å²) >= 11 is 0. The maximum Gasteiger partial charge on any atom is 0.253 e. The number of ether oxygens (including phenoxy) is 1. The minimum Gasteiger partial charge on any atom is -0.508 e. The smallest absolute Gasteiger partial charge is 0.253 e. The maximum atomic E-state index is 13.4. The van der Waals surface area contributed by atoms with Crippen LogP contribution >= 0.6 is 0 Å². The Morgan fingerprint density at radius 3 is 2.54 bits per heavy atom. The van der Waals surface area contributed by atoms with Crippen LogP contribution in [0.4, 0.5) is 15.8 Å². The molecular formula is C19H20FN3O3. The van der Waals surface area contributed by atoms with Gasteiger partial charge in [-0.15, -0.1) is 0 Å². The number of nitrogens with zero attached hydrogens (tertiary/aromatic N) is 3. The van der Waals surface area contributed by atoms with E-state index >= 15 is 0 Å². The van der Waals surface area contributed by atoms with Crippen molar-refractivity contribution in [3.8, 4) is 5.75 Å². The van der Waals surface area contributed by atoms with E-state index in [0.29, 0.717) is 12.2 Å². The number of aromatic hydroxyl groups is 1.